The average molecular weight is 427 g/mol. The van der Waals surface area contributed by atoms with Crippen LogP contribution in [0.3, 0.4) is 0 Å². The lowest BCUT2D eigenvalue weighted by Crippen LogP contribution is -2.05. The number of hydrogen-bond acceptors (Lipinski definition) is 5. The molecule has 2 aromatic heterocycles. The van der Waals surface area contributed by atoms with E-state index in [1.807, 2.05) is 31.2 Å². The van der Waals surface area contributed by atoms with E-state index in [4.69, 9.17) is 16.6 Å². The van der Waals surface area contributed by atoms with Crippen LogP contribution in [0.2, 0.25) is 5.02 Å². The fourth-order valence-electron chi connectivity index (χ4n) is 3.66. The van der Waals surface area contributed by atoms with E-state index in [0.29, 0.717) is 18.0 Å². The molecule has 0 amide bonds. The molecule has 1 aliphatic rings. The molecule has 0 radical (unpaired) electrons. The van der Waals surface area contributed by atoms with Gasteiger partial charge in [-0.25, -0.2) is 0 Å². The second kappa shape index (κ2) is 9.01. The molecule has 0 aliphatic carbocycles. The van der Waals surface area contributed by atoms with Gasteiger partial charge < -0.3 is 4.79 Å². The Morgan fingerprint density at radius 3 is 2.79 bits per heavy atom. The molecule has 3 aromatic rings. The molecule has 0 saturated carbocycles. The van der Waals surface area contributed by atoms with E-state index in [1.54, 1.807) is 11.3 Å². The molecule has 1 aliphatic heterocycles. The maximum Gasteiger partial charge on any atom is 0.160 e. The average Bonchev–Trinajstić information content (AvgIpc) is 3.25. The first-order valence-corrected chi connectivity index (χ1v) is 11.2. The summed E-state index contributed by atoms with van der Waals surface area (Å²) in [6.45, 7) is 2.46. The first-order valence-electron chi connectivity index (χ1n) is 9.96. The lowest BCUT2D eigenvalue weighted by atomic mass is 10.0. The molecule has 5 nitrogen and oxygen atoms in total. The molecule has 0 bridgehead atoms. The Hall–Kier alpha value is -2.31. The quantitative estimate of drug-likeness (QED) is 0.361. The summed E-state index contributed by atoms with van der Waals surface area (Å²) in [5.41, 5.74) is 2.97. The van der Waals surface area contributed by atoms with Gasteiger partial charge in [-0.3, -0.25) is 9.56 Å². The zero-order valence-corrected chi connectivity index (χ0v) is 18.0. The number of aryl methyl sites for hydroxylation is 2. The number of aromatic nitrogens is 3. The minimum atomic E-state index is 0.481. The maximum atomic E-state index is 10.4. The maximum absolute atomic E-state index is 10.4. The summed E-state index contributed by atoms with van der Waals surface area (Å²) >= 11 is 8.29. The van der Waals surface area contributed by atoms with Crippen molar-refractivity contribution in [1.29, 1.82) is 0 Å². The zero-order chi connectivity index (χ0) is 20.2. The van der Waals surface area contributed by atoms with Gasteiger partial charge in [-0.05, 0) is 38.3 Å². The first kappa shape index (κ1) is 20.0. The van der Waals surface area contributed by atoms with Gasteiger partial charge in [0.2, 0.25) is 0 Å². The fraction of sp³-hybridized carbons (Fsp3) is 0.364. The monoisotopic (exact) mass is 426 g/mol. The second-order valence-electron chi connectivity index (χ2n) is 7.19. The lowest BCUT2D eigenvalue weighted by Gasteiger charge is -2.08. The van der Waals surface area contributed by atoms with Crippen LogP contribution in [-0.2, 0) is 17.8 Å². The molecule has 0 fully saturated rings. The molecule has 150 valence electrons. The highest BCUT2D eigenvalue weighted by atomic mass is 35.5. The van der Waals surface area contributed by atoms with Crippen molar-refractivity contribution in [2.75, 3.05) is 0 Å². The molecule has 0 saturated heterocycles. The molecule has 1 aromatic carbocycles. The predicted octanol–water partition coefficient (Wildman–Crippen LogP) is 5.33. The number of unbranched alkanes of at least 4 members (excludes halogenated alkanes) is 4. The molecule has 0 N–H and O–H groups in total. The van der Waals surface area contributed by atoms with Crippen LogP contribution in [0.1, 0.15) is 59.8 Å². The van der Waals surface area contributed by atoms with E-state index in [2.05, 4.69) is 20.8 Å². The third-order valence-electron chi connectivity index (χ3n) is 5.12. The van der Waals surface area contributed by atoms with Gasteiger partial charge in [0.05, 0.1) is 5.71 Å². The van der Waals surface area contributed by atoms with Crippen LogP contribution in [0, 0.1) is 6.92 Å². The normalized spacial score (nSPS) is 12.8. The number of halogens is 1. The molecular formula is C22H23ClN4OS. The van der Waals surface area contributed by atoms with Crippen molar-refractivity contribution in [3.63, 3.8) is 0 Å². The number of nitrogens with zero attached hydrogens (tertiary/aromatic N) is 4. The highest BCUT2D eigenvalue weighted by molar-refractivity contribution is 7.15. The first-order chi connectivity index (χ1) is 14.2. The molecule has 0 atom stereocenters. The number of carbonyl (C=O) groups excluding carboxylic acids is 1. The Morgan fingerprint density at radius 1 is 1.14 bits per heavy atom. The Labute approximate surface area is 179 Å². The van der Waals surface area contributed by atoms with Crippen molar-refractivity contribution in [3.05, 3.63) is 63.0 Å². The van der Waals surface area contributed by atoms with Gasteiger partial charge in [-0.2, -0.15) is 0 Å². The summed E-state index contributed by atoms with van der Waals surface area (Å²) in [6, 6.07) is 10.1. The fourth-order valence-corrected chi connectivity index (χ4v) is 5.15. The van der Waals surface area contributed by atoms with Crippen molar-refractivity contribution in [2.45, 2.75) is 52.0 Å². The van der Waals surface area contributed by atoms with Gasteiger partial charge in [0.1, 0.15) is 23.7 Å². The number of hydrogen-bond donors (Lipinski definition) is 0. The minimum Gasteiger partial charge on any atom is -0.303 e. The van der Waals surface area contributed by atoms with Crippen molar-refractivity contribution < 1.29 is 4.79 Å². The summed E-state index contributed by atoms with van der Waals surface area (Å²) in [5.74, 6) is 1.73. The van der Waals surface area contributed by atoms with Gasteiger partial charge in [-0.15, -0.1) is 21.5 Å². The van der Waals surface area contributed by atoms with E-state index in [0.717, 1.165) is 71.9 Å². The Kier molecular flexibility index (Phi) is 6.21. The third-order valence-corrected chi connectivity index (χ3v) is 6.63. The Balaban J connectivity index is 1.66. The molecule has 3 heterocycles. The van der Waals surface area contributed by atoms with Crippen LogP contribution in [0.25, 0.3) is 5.00 Å². The van der Waals surface area contributed by atoms with Gasteiger partial charge >= 0.3 is 0 Å². The predicted molar refractivity (Wildman–Crippen MR) is 118 cm³/mol. The highest BCUT2D eigenvalue weighted by Gasteiger charge is 2.25. The van der Waals surface area contributed by atoms with Crippen LogP contribution in [0.5, 0.6) is 0 Å². The smallest absolute Gasteiger partial charge is 0.160 e. The summed E-state index contributed by atoms with van der Waals surface area (Å²) in [6.07, 6.45) is 7.03. The number of rotatable bonds is 8. The van der Waals surface area contributed by atoms with Crippen LogP contribution in [-0.4, -0.2) is 26.8 Å². The van der Waals surface area contributed by atoms with Crippen molar-refractivity contribution in [2.24, 2.45) is 4.99 Å². The van der Waals surface area contributed by atoms with Crippen molar-refractivity contribution >= 4 is 34.9 Å². The van der Waals surface area contributed by atoms with E-state index < -0.39 is 0 Å². The summed E-state index contributed by atoms with van der Waals surface area (Å²) in [5, 5.41) is 10.4. The van der Waals surface area contributed by atoms with E-state index in [1.165, 1.54) is 4.88 Å². The molecule has 7 heteroatoms. The summed E-state index contributed by atoms with van der Waals surface area (Å²) < 4.78 is 2.13. The molecule has 29 heavy (non-hydrogen) atoms. The number of fused-ring (bicyclic) bond motifs is 3. The molecule has 0 unspecified atom stereocenters. The standard InChI is InChI=1S/C22H23ClN4OS/c1-15-25-26-20-14-24-21(17-10-6-7-11-19(17)23)18-13-16(29-22(18)27(15)20)9-5-3-2-4-8-12-28/h6-7,10-13H,2-5,8-9,14H2,1H3. The van der Waals surface area contributed by atoms with Gasteiger partial charge in [0, 0.05) is 27.4 Å². The zero-order valence-electron chi connectivity index (χ0n) is 16.4. The number of carbonyl (C=O) groups is 1. The molecular weight excluding hydrogens is 404 g/mol. The van der Waals surface area contributed by atoms with Crippen LogP contribution in [0.4, 0.5) is 0 Å². The van der Waals surface area contributed by atoms with Crippen LogP contribution >= 0.6 is 22.9 Å². The van der Waals surface area contributed by atoms with Crippen LogP contribution < -0.4 is 0 Å². The van der Waals surface area contributed by atoms with E-state index in [-0.39, 0.29) is 0 Å². The molecule has 0 spiro atoms. The third kappa shape index (κ3) is 4.19. The van der Waals surface area contributed by atoms with Gasteiger partial charge in [-0.1, -0.05) is 42.6 Å². The summed E-state index contributed by atoms with van der Waals surface area (Å²) in [7, 11) is 0. The molecule has 4 rings (SSSR count). The number of aliphatic imine (C=N–C) groups is 1. The van der Waals surface area contributed by atoms with Crippen molar-refractivity contribution in [1.82, 2.24) is 14.8 Å². The van der Waals surface area contributed by atoms with Crippen LogP contribution in [0.15, 0.2) is 35.3 Å². The number of thiophene rings is 1. The lowest BCUT2D eigenvalue weighted by molar-refractivity contribution is -0.107. The Bertz CT molecular complexity index is 1050. The number of benzene rings is 1. The van der Waals surface area contributed by atoms with Gasteiger partial charge in [0.25, 0.3) is 0 Å². The second-order valence-corrected chi connectivity index (χ2v) is 8.72. The van der Waals surface area contributed by atoms with E-state index in [9.17, 15) is 4.79 Å². The van der Waals surface area contributed by atoms with Gasteiger partial charge in [0.15, 0.2) is 5.82 Å². The highest BCUT2D eigenvalue weighted by Crippen LogP contribution is 2.35. The number of aldehydes is 1. The van der Waals surface area contributed by atoms with Crippen molar-refractivity contribution in [3.8, 4) is 5.00 Å². The summed E-state index contributed by atoms with van der Waals surface area (Å²) in [4.78, 5) is 16.6. The Morgan fingerprint density at radius 2 is 1.97 bits per heavy atom. The minimum absolute atomic E-state index is 0.481. The topological polar surface area (TPSA) is 60.1 Å². The van der Waals surface area contributed by atoms with E-state index >= 15 is 0 Å². The SMILES string of the molecule is Cc1nnc2n1-c1sc(CCCCCCC=O)cc1C(c1ccccc1Cl)=NC2. The largest absolute Gasteiger partial charge is 0.303 e.